The number of carbonyl (C=O) groups excluding carboxylic acids is 1. The number of amides is 1. The minimum absolute atomic E-state index is 0.190. The summed E-state index contributed by atoms with van der Waals surface area (Å²) in [6.45, 7) is 2.93. The van der Waals surface area contributed by atoms with Crippen LogP contribution in [0.25, 0.3) is 0 Å². The number of ether oxygens (including phenoxy) is 1. The number of rotatable bonds is 3. The van der Waals surface area contributed by atoms with Gasteiger partial charge in [0.15, 0.2) is 0 Å². The highest BCUT2D eigenvalue weighted by atomic mass is 16.5. The summed E-state index contributed by atoms with van der Waals surface area (Å²) < 4.78 is 5.67. The van der Waals surface area contributed by atoms with Crippen molar-refractivity contribution in [3.63, 3.8) is 0 Å². The first-order valence-electron chi connectivity index (χ1n) is 5.29. The molecular weight excluding hydrogens is 206 g/mol. The maximum atomic E-state index is 11.2. The van der Waals surface area contributed by atoms with Gasteiger partial charge in [-0.15, -0.1) is 0 Å². The van der Waals surface area contributed by atoms with Crippen LogP contribution in [0.15, 0.2) is 18.3 Å². The van der Waals surface area contributed by atoms with Gasteiger partial charge in [-0.1, -0.05) is 0 Å². The maximum absolute atomic E-state index is 11.2. The number of nitrogens with zero attached hydrogens (tertiary/aromatic N) is 1. The molecule has 1 aromatic heterocycles. The summed E-state index contributed by atoms with van der Waals surface area (Å²) in [6, 6.07) is 3.80. The monoisotopic (exact) mass is 221 g/mol. The fraction of sp³-hybridized carbons (Fsp3) is 0.455. The second-order valence-electron chi connectivity index (χ2n) is 3.81. The first-order chi connectivity index (χ1) is 7.70. The molecule has 0 radical (unpaired) electrons. The number of hydrogen-bond acceptors (Lipinski definition) is 4. The third kappa shape index (κ3) is 2.14. The molecule has 0 spiro atoms. The molecule has 1 amide bonds. The van der Waals surface area contributed by atoms with E-state index >= 15 is 0 Å². The van der Waals surface area contributed by atoms with Crippen molar-refractivity contribution in [3.8, 4) is 5.75 Å². The topological polar surface area (TPSA) is 63.2 Å². The third-order valence-corrected chi connectivity index (χ3v) is 2.68. The van der Waals surface area contributed by atoms with Gasteiger partial charge in [-0.3, -0.25) is 4.79 Å². The molecule has 2 N–H and O–H groups in total. The normalized spacial score (nSPS) is 23.4. The number of carbonyl (C=O) groups is 1. The fourth-order valence-electron chi connectivity index (χ4n) is 1.48. The molecule has 1 aromatic rings. The quantitative estimate of drug-likeness (QED) is 0.764. The van der Waals surface area contributed by atoms with Gasteiger partial charge in [-0.2, -0.15) is 0 Å². The van der Waals surface area contributed by atoms with Crippen LogP contribution in [0.5, 0.6) is 5.75 Å². The zero-order valence-electron chi connectivity index (χ0n) is 9.36. The van der Waals surface area contributed by atoms with Crippen molar-refractivity contribution in [3.05, 3.63) is 24.0 Å². The summed E-state index contributed by atoms with van der Waals surface area (Å²) >= 11 is 0. The van der Waals surface area contributed by atoms with Crippen LogP contribution < -0.4 is 15.4 Å². The fourth-order valence-corrected chi connectivity index (χ4v) is 1.48. The van der Waals surface area contributed by atoms with E-state index in [1.165, 1.54) is 0 Å². The Hall–Kier alpha value is -1.62. The van der Waals surface area contributed by atoms with Crippen LogP contribution in [-0.2, 0) is 0 Å². The first kappa shape index (κ1) is 10.9. The highest BCUT2D eigenvalue weighted by Gasteiger charge is 2.27. The number of aromatic nitrogens is 1. The summed E-state index contributed by atoms with van der Waals surface area (Å²) in [6.07, 6.45) is 1.78. The molecule has 5 nitrogen and oxygen atoms in total. The van der Waals surface area contributed by atoms with Gasteiger partial charge in [-0.25, -0.2) is 4.98 Å². The number of pyridine rings is 1. The van der Waals surface area contributed by atoms with Crippen molar-refractivity contribution in [2.75, 3.05) is 13.6 Å². The SMILES string of the molecule is CNC(=O)c1ccc(O[C@H]2CN[C@H]2C)cn1. The second kappa shape index (κ2) is 4.49. The first-order valence-corrected chi connectivity index (χ1v) is 5.29. The van der Waals surface area contributed by atoms with Crippen molar-refractivity contribution < 1.29 is 9.53 Å². The zero-order valence-corrected chi connectivity index (χ0v) is 9.36. The molecule has 0 bridgehead atoms. The molecule has 1 fully saturated rings. The molecule has 1 aliphatic heterocycles. The van der Waals surface area contributed by atoms with Crippen molar-refractivity contribution in [2.24, 2.45) is 0 Å². The van der Waals surface area contributed by atoms with E-state index in [4.69, 9.17) is 4.74 Å². The molecule has 2 atom stereocenters. The molecule has 86 valence electrons. The molecule has 16 heavy (non-hydrogen) atoms. The average Bonchev–Trinajstić information content (AvgIpc) is 2.34. The Morgan fingerprint density at radius 2 is 2.44 bits per heavy atom. The molecule has 2 rings (SSSR count). The predicted molar refractivity (Wildman–Crippen MR) is 59.5 cm³/mol. The Labute approximate surface area is 94.2 Å². The van der Waals surface area contributed by atoms with Gasteiger partial charge < -0.3 is 15.4 Å². The summed E-state index contributed by atoms with van der Waals surface area (Å²) in [5, 5.41) is 5.73. The summed E-state index contributed by atoms with van der Waals surface area (Å²) in [7, 11) is 1.58. The van der Waals surface area contributed by atoms with Crippen LogP contribution in [-0.4, -0.2) is 36.6 Å². The van der Waals surface area contributed by atoms with Gasteiger partial charge in [0.25, 0.3) is 5.91 Å². The molecule has 5 heteroatoms. The Balaban J connectivity index is 1.99. The van der Waals surface area contributed by atoms with E-state index in [0.29, 0.717) is 17.5 Å². The highest BCUT2D eigenvalue weighted by Crippen LogP contribution is 2.15. The lowest BCUT2D eigenvalue weighted by Crippen LogP contribution is -2.58. The van der Waals surface area contributed by atoms with Gasteiger partial charge in [0.2, 0.25) is 0 Å². The standard InChI is InChI=1S/C11H15N3O2/c1-7-10(6-13-7)16-8-3-4-9(14-5-8)11(15)12-2/h3-5,7,10,13H,6H2,1-2H3,(H,12,15)/t7-,10-/m0/s1. The van der Waals surface area contributed by atoms with E-state index in [9.17, 15) is 4.79 Å². The van der Waals surface area contributed by atoms with E-state index in [0.717, 1.165) is 6.54 Å². The van der Waals surface area contributed by atoms with Crippen LogP contribution in [0.4, 0.5) is 0 Å². The second-order valence-corrected chi connectivity index (χ2v) is 3.81. The summed E-state index contributed by atoms with van der Waals surface area (Å²) in [4.78, 5) is 15.3. The molecular formula is C11H15N3O2. The minimum Gasteiger partial charge on any atom is -0.486 e. The van der Waals surface area contributed by atoms with Gasteiger partial charge in [0.1, 0.15) is 17.5 Å². The van der Waals surface area contributed by atoms with Crippen LogP contribution in [0.2, 0.25) is 0 Å². The molecule has 2 heterocycles. The maximum Gasteiger partial charge on any atom is 0.269 e. The number of nitrogens with one attached hydrogen (secondary N) is 2. The van der Waals surface area contributed by atoms with Crippen molar-refractivity contribution in [1.29, 1.82) is 0 Å². The van der Waals surface area contributed by atoms with E-state index in [2.05, 4.69) is 22.5 Å². The van der Waals surface area contributed by atoms with Crippen LogP contribution in [0.1, 0.15) is 17.4 Å². The van der Waals surface area contributed by atoms with E-state index in [-0.39, 0.29) is 12.0 Å². The Morgan fingerprint density at radius 3 is 2.88 bits per heavy atom. The molecule has 0 aromatic carbocycles. The van der Waals surface area contributed by atoms with Crippen LogP contribution in [0.3, 0.4) is 0 Å². The van der Waals surface area contributed by atoms with Crippen molar-refractivity contribution in [1.82, 2.24) is 15.6 Å². The average molecular weight is 221 g/mol. The van der Waals surface area contributed by atoms with Gasteiger partial charge >= 0.3 is 0 Å². The Morgan fingerprint density at radius 1 is 1.62 bits per heavy atom. The minimum atomic E-state index is -0.190. The van der Waals surface area contributed by atoms with E-state index < -0.39 is 0 Å². The van der Waals surface area contributed by atoms with Crippen molar-refractivity contribution >= 4 is 5.91 Å². The summed E-state index contributed by atoms with van der Waals surface area (Å²) in [5.41, 5.74) is 0.398. The lowest BCUT2D eigenvalue weighted by atomic mass is 10.1. The lowest BCUT2D eigenvalue weighted by molar-refractivity contribution is 0.0928. The van der Waals surface area contributed by atoms with E-state index in [1.54, 1.807) is 25.4 Å². The van der Waals surface area contributed by atoms with Crippen molar-refractivity contribution in [2.45, 2.75) is 19.1 Å². The van der Waals surface area contributed by atoms with Crippen LogP contribution in [0, 0.1) is 0 Å². The summed E-state index contributed by atoms with van der Waals surface area (Å²) in [5.74, 6) is 0.510. The lowest BCUT2D eigenvalue weighted by Gasteiger charge is -2.35. The van der Waals surface area contributed by atoms with Crippen LogP contribution >= 0.6 is 0 Å². The molecule has 0 saturated carbocycles. The predicted octanol–water partition coefficient (Wildman–Crippen LogP) is 0.180. The Bertz CT molecular complexity index is 377. The molecule has 1 aliphatic rings. The van der Waals surface area contributed by atoms with E-state index in [1.807, 2.05) is 0 Å². The Kier molecular flexibility index (Phi) is 3.05. The van der Waals surface area contributed by atoms with Gasteiger partial charge in [0, 0.05) is 19.6 Å². The van der Waals surface area contributed by atoms with Gasteiger partial charge in [-0.05, 0) is 19.1 Å². The highest BCUT2D eigenvalue weighted by molar-refractivity contribution is 5.91. The molecule has 0 aliphatic carbocycles. The largest absolute Gasteiger partial charge is 0.486 e. The molecule has 0 unspecified atom stereocenters. The molecule has 1 saturated heterocycles. The number of hydrogen-bond donors (Lipinski definition) is 2. The smallest absolute Gasteiger partial charge is 0.269 e. The van der Waals surface area contributed by atoms with Gasteiger partial charge in [0.05, 0.1) is 6.20 Å². The third-order valence-electron chi connectivity index (χ3n) is 2.68. The zero-order chi connectivity index (χ0) is 11.5.